The van der Waals surface area contributed by atoms with E-state index in [1.54, 1.807) is 6.33 Å². The molecule has 1 N–H and O–H groups in total. The number of benzene rings is 1. The number of aromatic carboxylic acids is 1. The number of halogens is 2. The third-order valence-electron chi connectivity index (χ3n) is 3.27. The minimum absolute atomic E-state index is 0.0328. The van der Waals surface area contributed by atoms with E-state index in [4.69, 9.17) is 5.11 Å². The molecule has 6 nitrogen and oxygen atoms in total. The number of carboxylic acids is 1. The zero-order valence-corrected chi connectivity index (χ0v) is 11.8. The molecule has 20 heavy (non-hydrogen) atoms. The third-order valence-corrected chi connectivity index (χ3v) is 4.05. The molecule has 0 amide bonds. The van der Waals surface area contributed by atoms with Crippen molar-refractivity contribution in [1.29, 1.82) is 0 Å². The molecule has 1 aliphatic heterocycles. The average Bonchev–Trinajstić information content (AvgIpc) is 2.88. The smallest absolute Gasteiger partial charge is 0.336 e. The summed E-state index contributed by atoms with van der Waals surface area (Å²) in [5.41, 5.74) is 0.266. The van der Waals surface area contributed by atoms with Gasteiger partial charge in [0.15, 0.2) is 11.6 Å². The van der Waals surface area contributed by atoms with Crippen LogP contribution in [0.15, 0.2) is 22.9 Å². The Kier molecular flexibility index (Phi) is 3.17. The van der Waals surface area contributed by atoms with Crippen LogP contribution in [0.25, 0.3) is 0 Å². The number of nitrogens with zero attached hydrogens (tertiary/aromatic N) is 4. The van der Waals surface area contributed by atoms with E-state index in [-0.39, 0.29) is 10.0 Å². The lowest BCUT2D eigenvalue weighted by Gasteiger charge is -2.29. The first kappa shape index (κ1) is 13.0. The highest BCUT2D eigenvalue weighted by molar-refractivity contribution is 9.10. The highest BCUT2D eigenvalue weighted by atomic mass is 79.9. The molecule has 2 aromatic rings. The van der Waals surface area contributed by atoms with Crippen LogP contribution in [0, 0.1) is 5.82 Å². The number of rotatable bonds is 2. The second-order valence-corrected chi connectivity index (χ2v) is 5.22. The Morgan fingerprint density at radius 3 is 2.95 bits per heavy atom. The minimum Gasteiger partial charge on any atom is -0.478 e. The predicted octanol–water partition coefficient (Wildman–Crippen LogP) is 1.90. The molecule has 1 aromatic carbocycles. The number of carbonyl (C=O) groups is 1. The van der Waals surface area contributed by atoms with Crippen molar-refractivity contribution in [3.8, 4) is 0 Å². The number of fused-ring (bicyclic) bond motifs is 1. The van der Waals surface area contributed by atoms with Gasteiger partial charge < -0.3 is 14.6 Å². The largest absolute Gasteiger partial charge is 0.478 e. The Morgan fingerprint density at radius 2 is 2.20 bits per heavy atom. The Balaban J connectivity index is 1.96. The van der Waals surface area contributed by atoms with Gasteiger partial charge in [0, 0.05) is 13.1 Å². The van der Waals surface area contributed by atoms with Crippen LogP contribution in [0.3, 0.4) is 0 Å². The molecule has 8 heteroatoms. The zero-order chi connectivity index (χ0) is 14.3. The maximum Gasteiger partial charge on any atom is 0.336 e. The standard InChI is InChI=1S/C12H10BrFN4O2/c13-10-7(12(19)20)1-2-8(11(10)14)17-3-4-18-6-15-16-9(18)5-17/h1-2,6H,3-5H2,(H,19,20). The van der Waals surface area contributed by atoms with Gasteiger partial charge in [-0.15, -0.1) is 10.2 Å². The van der Waals surface area contributed by atoms with Gasteiger partial charge in [-0.2, -0.15) is 0 Å². The fourth-order valence-electron chi connectivity index (χ4n) is 2.22. The summed E-state index contributed by atoms with van der Waals surface area (Å²) in [5, 5.41) is 16.8. The molecule has 1 aliphatic rings. The molecule has 2 heterocycles. The molecule has 0 radical (unpaired) electrons. The number of hydrogen-bond acceptors (Lipinski definition) is 4. The SMILES string of the molecule is O=C(O)c1ccc(N2CCn3cnnc3C2)c(F)c1Br. The van der Waals surface area contributed by atoms with E-state index < -0.39 is 11.8 Å². The van der Waals surface area contributed by atoms with Gasteiger partial charge in [-0.3, -0.25) is 0 Å². The van der Waals surface area contributed by atoms with Crippen molar-refractivity contribution in [1.82, 2.24) is 14.8 Å². The maximum absolute atomic E-state index is 14.3. The Hall–Kier alpha value is -1.96. The van der Waals surface area contributed by atoms with E-state index >= 15 is 0 Å². The van der Waals surface area contributed by atoms with Gasteiger partial charge in [0.1, 0.15) is 6.33 Å². The van der Waals surface area contributed by atoms with Gasteiger partial charge >= 0.3 is 5.97 Å². The molecule has 0 atom stereocenters. The van der Waals surface area contributed by atoms with Crippen molar-refractivity contribution in [2.45, 2.75) is 13.1 Å². The molecule has 0 fully saturated rings. The fourth-order valence-corrected chi connectivity index (χ4v) is 2.73. The maximum atomic E-state index is 14.3. The molecule has 1 aromatic heterocycles. The molecule has 0 unspecified atom stereocenters. The summed E-state index contributed by atoms with van der Waals surface area (Å²) in [5.74, 6) is -0.979. The van der Waals surface area contributed by atoms with Gasteiger partial charge in [-0.25, -0.2) is 9.18 Å². The van der Waals surface area contributed by atoms with Crippen molar-refractivity contribution in [3.63, 3.8) is 0 Å². The highest BCUT2D eigenvalue weighted by Crippen LogP contribution is 2.31. The molecule has 104 valence electrons. The summed E-state index contributed by atoms with van der Waals surface area (Å²) in [6, 6.07) is 2.87. The lowest BCUT2D eigenvalue weighted by atomic mass is 10.1. The van der Waals surface area contributed by atoms with E-state index in [0.29, 0.717) is 25.3 Å². The van der Waals surface area contributed by atoms with Crippen LogP contribution in [-0.4, -0.2) is 32.4 Å². The second kappa shape index (κ2) is 4.86. The molecule has 0 aliphatic carbocycles. The van der Waals surface area contributed by atoms with E-state index in [1.807, 2.05) is 9.47 Å². The fraction of sp³-hybridized carbons (Fsp3) is 0.250. The first-order chi connectivity index (χ1) is 9.58. The van der Waals surface area contributed by atoms with Crippen LogP contribution >= 0.6 is 15.9 Å². The van der Waals surface area contributed by atoms with Crippen molar-refractivity contribution in [3.05, 3.63) is 40.1 Å². The molecule has 0 spiro atoms. The molecule has 0 saturated heterocycles. The molecular formula is C12H10BrFN4O2. The van der Waals surface area contributed by atoms with Gasteiger partial charge in [0.25, 0.3) is 0 Å². The summed E-state index contributed by atoms with van der Waals surface area (Å²) >= 11 is 3.01. The second-order valence-electron chi connectivity index (χ2n) is 4.43. The molecular weight excluding hydrogens is 331 g/mol. The van der Waals surface area contributed by atoms with E-state index in [1.165, 1.54) is 12.1 Å². The summed E-state index contributed by atoms with van der Waals surface area (Å²) in [7, 11) is 0. The molecule has 0 saturated carbocycles. The van der Waals surface area contributed by atoms with Crippen molar-refractivity contribution in [2.75, 3.05) is 11.4 Å². The van der Waals surface area contributed by atoms with Crippen LogP contribution in [-0.2, 0) is 13.1 Å². The Labute approximate surface area is 122 Å². The lowest BCUT2D eigenvalue weighted by Crippen LogP contribution is -2.34. The summed E-state index contributed by atoms with van der Waals surface area (Å²) < 4.78 is 16.2. The molecule has 3 rings (SSSR count). The highest BCUT2D eigenvalue weighted by Gasteiger charge is 2.23. The summed E-state index contributed by atoms with van der Waals surface area (Å²) in [4.78, 5) is 12.8. The summed E-state index contributed by atoms with van der Waals surface area (Å²) in [6.07, 6.45) is 1.65. The summed E-state index contributed by atoms with van der Waals surface area (Å²) in [6.45, 7) is 1.72. The zero-order valence-electron chi connectivity index (χ0n) is 10.3. The Morgan fingerprint density at radius 1 is 1.40 bits per heavy atom. The van der Waals surface area contributed by atoms with Crippen LogP contribution in [0.5, 0.6) is 0 Å². The number of carboxylic acid groups (broad SMARTS) is 1. The predicted molar refractivity (Wildman–Crippen MR) is 72.1 cm³/mol. The quantitative estimate of drug-likeness (QED) is 0.903. The topological polar surface area (TPSA) is 71.2 Å². The van der Waals surface area contributed by atoms with E-state index in [0.717, 1.165) is 5.82 Å². The van der Waals surface area contributed by atoms with Crippen molar-refractivity contribution in [2.24, 2.45) is 0 Å². The van der Waals surface area contributed by atoms with Crippen LogP contribution in [0.1, 0.15) is 16.2 Å². The van der Waals surface area contributed by atoms with Gasteiger partial charge in [0.05, 0.1) is 22.3 Å². The first-order valence-electron chi connectivity index (χ1n) is 5.91. The number of aromatic nitrogens is 3. The third kappa shape index (κ3) is 2.05. The normalized spacial score (nSPS) is 14.2. The van der Waals surface area contributed by atoms with Crippen LogP contribution in [0.2, 0.25) is 0 Å². The monoisotopic (exact) mass is 340 g/mol. The van der Waals surface area contributed by atoms with E-state index in [9.17, 15) is 9.18 Å². The minimum atomic E-state index is -1.17. The Bertz CT molecular complexity index is 688. The van der Waals surface area contributed by atoms with Crippen LogP contribution < -0.4 is 4.90 Å². The average molecular weight is 341 g/mol. The van der Waals surface area contributed by atoms with Gasteiger partial charge in [-0.1, -0.05) is 0 Å². The first-order valence-corrected chi connectivity index (χ1v) is 6.70. The number of hydrogen-bond donors (Lipinski definition) is 1. The van der Waals surface area contributed by atoms with Crippen molar-refractivity contribution < 1.29 is 14.3 Å². The van der Waals surface area contributed by atoms with Crippen molar-refractivity contribution >= 4 is 27.6 Å². The van der Waals surface area contributed by atoms with Gasteiger partial charge in [-0.05, 0) is 28.1 Å². The number of anilines is 1. The van der Waals surface area contributed by atoms with Gasteiger partial charge in [0.2, 0.25) is 0 Å². The lowest BCUT2D eigenvalue weighted by molar-refractivity contribution is 0.0695. The van der Waals surface area contributed by atoms with Crippen LogP contribution in [0.4, 0.5) is 10.1 Å². The van der Waals surface area contributed by atoms with E-state index in [2.05, 4.69) is 26.1 Å². The molecule has 0 bridgehead atoms.